The summed E-state index contributed by atoms with van der Waals surface area (Å²) < 4.78 is 12.0. The van der Waals surface area contributed by atoms with Crippen LogP contribution in [0.15, 0.2) is 30.3 Å². The molecule has 1 aliphatic carbocycles. The van der Waals surface area contributed by atoms with E-state index in [0.29, 0.717) is 0 Å². The Morgan fingerprint density at radius 3 is 2.47 bits per heavy atom. The van der Waals surface area contributed by atoms with Gasteiger partial charge in [0.2, 0.25) is 0 Å². The fourth-order valence-electron chi connectivity index (χ4n) is 3.19. The normalized spacial score (nSPS) is 32.8. The van der Waals surface area contributed by atoms with Gasteiger partial charge in [0.05, 0.1) is 0 Å². The van der Waals surface area contributed by atoms with Crippen molar-refractivity contribution in [2.45, 2.75) is 50.1 Å². The van der Waals surface area contributed by atoms with E-state index in [2.05, 4.69) is 0 Å². The predicted molar refractivity (Wildman–Crippen MR) is 68.6 cm³/mol. The van der Waals surface area contributed by atoms with Gasteiger partial charge in [-0.2, -0.15) is 0 Å². The molecule has 2 unspecified atom stereocenters. The molecule has 1 saturated heterocycles. The molecular formula is C15H18O4. The minimum atomic E-state index is -0.963. The van der Waals surface area contributed by atoms with Crippen LogP contribution in [0.25, 0.3) is 0 Å². The Kier molecular flexibility index (Phi) is 2.87. The number of ether oxygens (including phenoxy) is 2. The summed E-state index contributed by atoms with van der Waals surface area (Å²) in [5, 5.41) is 9.45. The molecule has 0 bridgehead atoms. The van der Waals surface area contributed by atoms with Crippen molar-refractivity contribution in [3.05, 3.63) is 35.9 Å². The van der Waals surface area contributed by atoms with E-state index in [1.165, 1.54) is 0 Å². The minimum absolute atomic E-state index is 0.701. The average Bonchev–Trinajstić information content (AvgIpc) is 2.97. The molecule has 2 aliphatic rings. The quantitative estimate of drug-likeness (QED) is 0.890. The summed E-state index contributed by atoms with van der Waals surface area (Å²) in [6.07, 6.45) is 2.65. The van der Waals surface area contributed by atoms with E-state index < -0.39 is 23.5 Å². The first kappa shape index (κ1) is 12.6. The highest BCUT2D eigenvalue weighted by Crippen LogP contribution is 2.50. The van der Waals surface area contributed by atoms with Gasteiger partial charge in [-0.25, -0.2) is 4.79 Å². The lowest BCUT2D eigenvalue weighted by atomic mass is 9.90. The second kappa shape index (κ2) is 4.32. The van der Waals surface area contributed by atoms with E-state index in [1.54, 1.807) is 0 Å². The number of carbonyl (C=O) groups is 1. The van der Waals surface area contributed by atoms with Crippen LogP contribution in [0.1, 0.15) is 38.2 Å². The van der Waals surface area contributed by atoms with Gasteiger partial charge < -0.3 is 14.6 Å². The van der Waals surface area contributed by atoms with Crippen LogP contribution in [0.3, 0.4) is 0 Å². The lowest BCUT2D eigenvalue weighted by Gasteiger charge is -2.28. The van der Waals surface area contributed by atoms with Crippen LogP contribution >= 0.6 is 0 Å². The fraction of sp³-hybridized carbons (Fsp3) is 0.533. The molecule has 19 heavy (non-hydrogen) atoms. The topological polar surface area (TPSA) is 55.8 Å². The Morgan fingerprint density at radius 2 is 1.89 bits per heavy atom. The zero-order valence-corrected chi connectivity index (χ0v) is 11.0. The summed E-state index contributed by atoms with van der Waals surface area (Å²) in [5.74, 6) is -1.66. The standard InChI is InChI=1S/C15H18O4/c1-14(11-7-3-2-4-8-11)12(13(16)17)18-15(19-14)9-5-6-10-15/h2-4,7-8,12H,5-6,9-10H2,1H3,(H,16,17). The highest BCUT2D eigenvalue weighted by molar-refractivity contribution is 5.75. The SMILES string of the molecule is CC1(c2ccccc2)OC2(CCCC2)OC1C(=O)O. The van der Waals surface area contributed by atoms with Crippen LogP contribution in [0, 0.1) is 0 Å². The smallest absolute Gasteiger partial charge is 0.336 e. The second-order valence-corrected chi connectivity index (χ2v) is 5.53. The summed E-state index contributed by atoms with van der Waals surface area (Å²) in [4.78, 5) is 11.5. The lowest BCUT2D eigenvalue weighted by molar-refractivity contribution is -0.187. The minimum Gasteiger partial charge on any atom is -0.479 e. The number of benzene rings is 1. The number of hydrogen-bond acceptors (Lipinski definition) is 3. The molecule has 1 spiro atoms. The molecule has 0 amide bonds. The first-order chi connectivity index (χ1) is 9.06. The van der Waals surface area contributed by atoms with E-state index in [-0.39, 0.29) is 0 Å². The summed E-state index contributed by atoms with van der Waals surface area (Å²) in [6.45, 7) is 1.81. The molecule has 1 aliphatic heterocycles. The van der Waals surface area contributed by atoms with E-state index >= 15 is 0 Å². The zero-order chi connectivity index (χ0) is 13.5. The van der Waals surface area contributed by atoms with Crippen molar-refractivity contribution in [2.75, 3.05) is 0 Å². The summed E-state index contributed by atoms with van der Waals surface area (Å²) in [5.41, 5.74) is -0.0663. The molecule has 0 radical (unpaired) electrons. The summed E-state index contributed by atoms with van der Waals surface area (Å²) in [6, 6.07) is 9.48. The average molecular weight is 262 g/mol. The summed E-state index contributed by atoms with van der Waals surface area (Å²) in [7, 11) is 0. The van der Waals surface area contributed by atoms with Gasteiger partial charge in [-0.05, 0) is 25.3 Å². The largest absolute Gasteiger partial charge is 0.479 e. The number of rotatable bonds is 2. The molecule has 0 aromatic heterocycles. The van der Waals surface area contributed by atoms with Crippen molar-refractivity contribution in [3.63, 3.8) is 0 Å². The van der Waals surface area contributed by atoms with Gasteiger partial charge in [0.15, 0.2) is 11.9 Å². The van der Waals surface area contributed by atoms with Crippen LogP contribution in [0.4, 0.5) is 0 Å². The second-order valence-electron chi connectivity index (χ2n) is 5.53. The van der Waals surface area contributed by atoms with Gasteiger partial charge in [-0.1, -0.05) is 30.3 Å². The van der Waals surface area contributed by atoms with Crippen molar-refractivity contribution in [1.82, 2.24) is 0 Å². The van der Waals surface area contributed by atoms with Gasteiger partial charge in [-0.15, -0.1) is 0 Å². The molecule has 2 atom stereocenters. The van der Waals surface area contributed by atoms with Crippen LogP contribution in [-0.4, -0.2) is 23.0 Å². The number of carboxylic acid groups (broad SMARTS) is 1. The van der Waals surface area contributed by atoms with E-state index in [1.807, 2.05) is 37.3 Å². The molecule has 2 fully saturated rings. The molecule has 3 rings (SSSR count). The molecule has 1 saturated carbocycles. The third kappa shape index (κ3) is 1.95. The number of carboxylic acids is 1. The monoisotopic (exact) mass is 262 g/mol. The Balaban J connectivity index is 2.00. The van der Waals surface area contributed by atoms with Crippen LogP contribution in [0.2, 0.25) is 0 Å². The van der Waals surface area contributed by atoms with Crippen molar-refractivity contribution < 1.29 is 19.4 Å². The number of hydrogen-bond donors (Lipinski definition) is 1. The van der Waals surface area contributed by atoms with Crippen LogP contribution < -0.4 is 0 Å². The maximum Gasteiger partial charge on any atom is 0.336 e. The first-order valence-electron chi connectivity index (χ1n) is 6.72. The third-order valence-electron chi connectivity index (χ3n) is 4.17. The molecule has 1 aromatic rings. The van der Waals surface area contributed by atoms with Gasteiger partial charge in [0.25, 0.3) is 0 Å². The molecule has 1 N–H and O–H groups in total. The molecule has 1 heterocycles. The maximum absolute atomic E-state index is 11.5. The molecule has 4 heteroatoms. The zero-order valence-electron chi connectivity index (χ0n) is 11.0. The Morgan fingerprint density at radius 1 is 1.26 bits per heavy atom. The molecular weight excluding hydrogens is 244 g/mol. The highest BCUT2D eigenvalue weighted by Gasteiger charge is 2.59. The van der Waals surface area contributed by atoms with Crippen molar-refractivity contribution in [3.8, 4) is 0 Å². The predicted octanol–water partition coefficient (Wildman–Crippen LogP) is 2.67. The maximum atomic E-state index is 11.5. The van der Waals surface area contributed by atoms with Gasteiger partial charge >= 0.3 is 5.97 Å². The van der Waals surface area contributed by atoms with E-state index in [4.69, 9.17) is 9.47 Å². The molecule has 102 valence electrons. The third-order valence-corrected chi connectivity index (χ3v) is 4.17. The lowest BCUT2D eigenvalue weighted by Crippen LogP contribution is -2.39. The van der Waals surface area contributed by atoms with Crippen molar-refractivity contribution in [2.24, 2.45) is 0 Å². The van der Waals surface area contributed by atoms with Gasteiger partial charge in [0.1, 0.15) is 5.60 Å². The molecule has 4 nitrogen and oxygen atoms in total. The van der Waals surface area contributed by atoms with Crippen LogP contribution in [-0.2, 0) is 19.9 Å². The highest BCUT2D eigenvalue weighted by atomic mass is 16.8. The van der Waals surface area contributed by atoms with Crippen molar-refractivity contribution >= 4 is 5.97 Å². The fourth-order valence-corrected chi connectivity index (χ4v) is 3.19. The Hall–Kier alpha value is -1.39. The Labute approximate surface area is 112 Å². The first-order valence-corrected chi connectivity index (χ1v) is 6.72. The van der Waals surface area contributed by atoms with Gasteiger partial charge in [-0.3, -0.25) is 0 Å². The molecule has 1 aromatic carbocycles. The number of aliphatic carboxylic acids is 1. The van der Waals surface area contributed by atoms with Crippen molar-refractivity contribution in [1.29, 1.82) is 0 Å². The van der Waals surface area contributed by atoms with E-state index in [9.17, 15) is 9.90 Å². The van der Waals surface area contributed by atoms with Crippen LogP contribution in [0.5, 0.6) is 0 Å². The van der Waals surface area contributed by atoms with E-state index in [0.717, 1.165) is 31.2 Å². The Bertz CT molecular complexity index is 478. The summed E-state index contributed by atoms with van der Waals surface area (Å²) >= 11 is 0. The van der Waals surface area contributed by atoms with Gasteiger partial charge in [0, 0.05) is 12.8 Å².